The smallest absolute Gasteiger partial charge is 0.227 e. The largest absolute Gasteiger partial charge is 0.470 e. The maximum atomic E-state index is 5.81. The van der Waals surface area contributed by atoms with Crippen molar-refractivity contribution in [1.29, 1.82) is 0 Å². The van der Waals surface area contributed by atoms with Crippen LogP contribution in [0.15, 0.2) is 53.6 Å². The van der Waals surface area contributed by atoms with Crippen LogP contribution in [0, 0.1) is 0 Å². The van der Waals surface area contributed by atoms with Crippen LogP contribution in [-0.4, -0.2) is 23.4 Å². The van der Waals surface area contributed by atoms with Crippen molar-refractivity contribution < 1.29 is 9.47 Å². The first-order valence-corrected chi connectivity index (χ1v) is 7.26. The maximum Gasteiger partial charge on any atom is 0.227 e. The molecular weight excluding hydrogens is 258 g/mol. The van der Waals surface area contributed by atoms with Gasteiger partial charge >= 0.3 is 0 Å². The van der Waals surface area contributed by atoms with Crippen molar-refractivity contribution in [3.05, 3.63) is 54.2 Å². The highest BCUT2D eigenvalue weighted by Crippen LogP contribution is 2.33. The molecule has 0 bridgehead atoms. The first-order valence-electron chi connectivity index (χ1n) is 6.28. The quantitative estimate of drug-likeness (QED) is 0.856. The second-order valence-electron chi connectivity index (χ2n) is 4.36. The maximum absolute atomic E-state index is 5.81. The number of benzene rings is 1. The van der Waals surface area contributed by atoms with Crippen LogP contribution in [0.3, 0.4) is 0 Å². The van der Waals surface area contributed by atoms with Crippen LogP contribution in [0.1, 0.15) is 5.56 Å². The highest BCUT2D eigenvalue weighted by atomic mass is 32.2. The molecule has 2 heterocycles. The van der Waals surface area contributed by atoms with E-state index in [-0.39, 0.29) is 6.10 Å². The van der Waals surface area contributed by atoms with Gasteiger partial charge in [0.2, 0.25) is 5.88 Å². The van der Waals surface area contributed by atoms with Crippen molar-refractivity contribution in [2.75, 3.05) is 12.4 Å². The Balaban J connectivity index is 1.50. The van der Waals surface area contributed by atoms with Crippen LogP contribution in [-0.2, 0) is 11.3 Å². The molecular formula is C15H15NO2S. The Morgan fingerprint density at radius 3 is 3.00 bits per heavy atom. The fourth-order valence-electron chi connectivity index (χ4n) is 1.91. The molecule has 0 aliphatic carbocycles. The lowest BCUT2D eigenvalue weighted by molar-refractivity contribution is 0.0463. The summed E-state index contributed by atoms with van der Waals surface area (Å²) in [5.41, 5.74) is 1.18. The molecule has 0 saturated heterocycles. The number of ether oxygens (including phenoxy) is 2. The van der Waals surface area contributed by atoms with Gasteiger partial charge in [-0.15, -0.1) is 11.8 Å². The first kappa shape index (κ1) is 12.5. The minimum atomic E-state index is 0.0797. The average Bonchev–Trinajstić information content (AvgIpc) is 2.48. The topological polar surface area (TPSA) is 31.4 Å². The van der Waals surface area contributed by atoms with E-state index in [1.807, 2.05) is 30.3 Å². The van der Waals surface area contributed by atoms with Crippen molar-refractivity contribution in [3.63, 3.8) is 0 Å². The zero-order valence-corrected chi connectivity index (χ0v) is 11.3. The number of rotatable bonds is 4. The molecule has 1 aliphatic heterocycles. The number of aromatic nitrogens is 1. The molecule has 1 aliphatic rings. The van der Waals surface area contributed by atoms with Gasteiger partial charge in [0.15, 0.2) is 0 Å². The molecule has 1 atom stereocenters. The lowest BCUT2D eigenvalue weighted by atomic mass is 10.2. The van der Waals surface area contributed by atoms with E-state index >= 15 is 0 Å². The minimum Gasteiger partial charge on any atom is -0.470 e. The predicted molar refractivity (Wildman–Crippen MR) is 75.5 cm³/mol. The summed E-state index contributed by atoms with van der Waals surface area (Å²) in [6, 6.07) is 14.1. The predicted octanol–water partition coefficient (Wildman–Crippen LogP) is 3.15. The molecule has 0 amide bonds. The van der Waals surface area contributed by atoms with Gasteiger partial charge in [-0.3, -0.25) is 0 Å². The van der Waals surface area contributed by atoms with Crippen LogP contribution in [0.2, 0.25) is 0 Å². The van der Waals surface area contributed by atoms with E-state index in [9.17, 15) is 0 Å². The van der Waals surface area contributed by atoms with E-state index < -0.39 is 0 Å². The third-order valence-corrected chi connectivity index (χ3v) is 4.01. The Morgan fingerprint density at radius 2 is 2.11 bits per heavy atom. The number of pyridine rings is 1. The fraction of sp³-hybridized carbons (Fsp3) is 0.267. The van der Waals surface area contributed by atoms with Gasteiger partial charge in [-0.2, -0.15) is 0 Å². The third-order valence-electron chi connectivity index (χ3n) is 2.85. The van der Waals surface area contributed by atoms with E-state index in [0.29, 0.717) is 13.2 Å². The van der Waals surface area contributed by atoms with E-state index in [2.05, 4.69) is 17.1 Å². The molecule has 98 valence electrons. The zero-order chi connectivity index (χ0) is 12.9. The van der Waals surface area contributed by atoms with Crippen LogP contribution in [0.25, 0.3) is 0 Å². The molecule has 19 heavy (non-hydrogen) atoms. The molecule has 1 aromatic carbocycles. The molecule has 0 saturated carbocycles. The normalized spacial score (nSPS) is 17.6. The molecule has 0 fully saturated rings. The summed E-state index contributed by atoms with van der Waals surface area (Å²) in [4.78, 5) is 5.35. The Kier molecular flexibility index (Phi) is 4.01. The number of thioether (sulfide) groups is 1. The lowest BCUT2D eigenvalue weighted by Crippen LogP contribution is -2.28. The molecule has 0 spiro atoms. The van der Waals surface area contributed by atoms with Crippen molar-refractivity contribution in [1.82, 2.24) is 4.98 Å². The summed E-state index contributed by atoms with van der Waals surface area (Å²) >= 11 is 1.78. The van der Waals surface area contributed by atoms with Gasteiger partial charge in [0.25, 0.3) is 0 Å². The third kappa shape index (κ3) is 3.28. The molecule has 1 unspecified atom stereocenters. The van der Waals surface area contributed by atoms with E-state index in [0.717, 1.165) is 16.5 Å². The Labute approximate surface area is 117 Å². The Bertz CT molecular complexity index is 533. The summed E-state index contributed by atoms with van der Waals surface area (Å²) in [5, 5.41) is 0. The van der Waals surface area contributed by atoms with Gasteiger partial charge in [-0.25, -0.2) is 4.98 Å². The summed E-state index contributed by atoms with van der Waals surface area (Å²) in [6.07, 6.45) is 1.84. The van der Waals surface area contributed by atoms with Gasteiger partial charge in [0.05, 0.1) is 18.1 Å². The van der Waals surface area contributed by atoms with Gasteiger partial charge < -0.3 is 9.47 Å². The molecule has 0 radical (unpaired) electrons. The zero-order valence-electron chi connectivity index (χ0n) is 10.5. The van der Waals surface area contributed by atoms with Crippen molar-refractivity contribution in [2.45, 2.75) is 17.6 Å². The van der Waals surface area contributed by atoms with E-state index in [1.54, 1.807) is 18.0 Å². The second kappa shape index (κ2) is 6.08. The summed E-state index contributed by atoms with van der Waals surface area (Å²) in [6.45, 7) is 1.22. The highest BCUT2D eigenvalue weighted by Gasteiger charge is 2.21. The number of nitrogens with zero attached hydrogens (tertiary/aromatic N) is 1. The summed E-state index contributed by atoms with van der Waals surface area (Å²) in [5.74, 6) is 1.64. The van der Waals surface area contributed by atoms with Crippen LogP contribution < -0.4 is 4.74 Å². The van der Waals surface area contributed by atoms with Gasteiger partial charge in [0.1, 0.15) is 6.10 Å². The first-order chi connectivity index (χ1) is 9.42. The highest BCUT2D eigenvalue weighted by molar-refractivity contribution is 7.99. The van der Waals surface area contributed by atoms with Crippen molar-refractivity contribution >= 4 is 11.8 Å². The molecule has 4 heteroatoms. The standard InChI is InChI=1S/C15H15NO2S/c1-2-5-12(6-3-1)9-17-10-13-11-19-14-7-4-8-16-15(14)18-13/h1-8,13H,9-11H2. The molecule has 0 N–H and O–H groups in total. The molecule has 2 aromatic rings. The van der Waals surface area contributed by atoms with Crippen LogP contribution >= 0.6 is 11.8 Å². The molecule has 1 aromatic heterocycles. The number of hydrogen-bond acceptors (Lipinski definition) is 4. The minimum absolute atomic E-state index is 0.0797. The molecule has 3 nitrogen and oxygen atoms in total. The van der Waals surface area contributed by atoms with Crippen LogP contribution in [0.5, 0.6) is 5.88 Å². The Hall–Kier alpha value is -1.52. The summed E-state index contributed by atoms with van der Waals surface area (Å²) < 4.78 is 11.5. The fourth-order valence-corrected chi connectivity index (χ4v) is 2.84. The van der Waals surface area contributed by atoms with Crippen molar-refractivity contribution in [3.8, 4) is 5.88 Å². The van der Waals surface area contributed by atoms with Gasteiger partial charge in [-0.05, 0) is 17.7 Å². The van der Waals surface area contributed by atoms with E-state index in [4.69, 9.17) is 9.47 Å². The summed E-state index contributed by atoms with van der Waals surface area (Å²) in [7, 11) is 0. The Morgan fingerprint density at radius 1 is 1.21 bits per heavy atom. The van der Waals surface area contributed by atoms with Gasteiger partial charge in [-0.1, -0.05) is 30.3 Å². The average molecular weight is 273 g/mol. The van der Waals surface area contributed by atoms with E-state index in [1.165, 1.54) is 5.56 Å². The van der Waals surface area contributed by atoms with Gasteiger partial charge in [0, 0.05) is 11.9 Å². The lowest BCUT2D eigenvalue weighted by Gasteiger charge is -2.24. The monoisotopic (exact) mass is 273 g/mol. The molecule has 3 rings (SSSR count). The SMILES string of the molecule is c1ccc(COCC2CSc3cccnc3O2)cc1. The number of fused-ring (bicyclic) bond motifs is 1. The van der Waals surface area contributed by atoms with Crippen LogP contribution in [0.4, 0.5) is 0 Å². The number of hydrogen-bond donors (Lipinski definition) is 0. The second-order valence-corrected chi connectivity index (χ2v) is 5.42. The van der Waals surface area contributed by atoms with Crippen molar-refractivity contribution in [2.24, 2.45) is 0 Å².